The molecule has 0 bridgehead atoms. The number of hydrogen-bond donors (Lipinski definition) is 2. The van der Waals surface area contributed by atoms with Crippen molar-refractivity contribution < 1.29 is 9.90 Å². The summed E-state index contributed by atoms with van der Waals surface area (Å²) in [7, 11) is 0. The Labute approximate surface area is 134 Å². The summed E-state index contributed by atoms with van der Waals surface area (Å²) in [6.45, 7) is 2.08. The fourth-order valence-electron chi connectivity index (χ4n) is 2.63. The first-order valence-corrected chi connectivity index (χ1v) is 8.49. The zero-order valence-electron chi connectivity index (χ0n) is 12.6. The summed E-state index contributed by atoms with van der Waals surface area (Å²) in [6.07, 6.45) is 2.91. The average Bonchev–Trinajstić information content (AvgIpc) is 3.28. The molecular formula is C17H20N2O2S. The van der Waals surface area contributed by atoms with Gasteiger partial charge in [-0.25, -0.2) is 4.98 Å². The first kappa shape index (κ1) is 15.2. The van der Waals surface area contributed by atoms with Gasteiger partial charge in [0, 0.05) is 29.2 Å². The van der Waals surface area contributed by atoms with Crippen LogP contribution in [-0.2, 0) is 0 Å². The Morgan fingerprint density at radius 3 is 2.95 bits per heavy atom. The number of aryl methyl sites for hydroxylation is 1. The van der Waals surface area contributed by atoms with E-state index in [1.54, 1.807) is 11.3 Å². The van der Waals surface area contributed by atoms with Crippen LogP contribution in [-0.4, -0.2) is 28.6 Å². The van der Waals surface area contributed by atoms with Gasteiger partial charge >= 0.3 is 0 Å². The number of amides is 1. The molecule has 0 radical (unpaired) electrons. The van der Waals surface area contributed by atoms with Crippen molar-refractivity contribution in [1.29, 1.82) is 0 Å². The first-order valence-electron chi connectivity index (χ1n) is 7.61. The van der Waals surface area contributed by atoms with Crippen LogP contribution in [0.1, 0.15) is 34.6 Å². The standard InChI is InChI=1S/C17H20N2O2S/c1-11-18-16(10-22-11)13-3-2-4-14(9-13)17(21)19-15(7-8-20)12-5-6-12/h2-4,9-10,12,15,20H,5-8H2,1H3,(H,19,21). The van der Waals surface area contributed by atoms with Gasteiger partial charge in [-0.15, -0.1) is 11.3 Å². The van der Waals surface area contributed by atoms with E-state index in [1.807, 2.05) is 36.6 Å². The van der Waals surface area contributed by atoms with Gasteiger partial charge in [-0.1, -0.05) is 12.1 Å². The molecular weight excluding hydrogens is 296 g/mol. The minimum atomic E-state index is -0.0702. The zero-order valence-corrected chi connectivity index (χ0v) is 13.4. The number of carbonyl (C=O) groups excluding carboxylic acids is 1. The summed E-state index contributed by atoms with van der Waals surface area (Å²) < 4.78 is 0. The Balaban J connectivity index is 1.75. The van der Waals surface area contributed by atoms with Gasteiger partial charge in [-0.2, -0.15) is 0 Å². The van der Waals surface area contributed by atoms with E-state index in [2.05, 4.69) is 10.3 Å². The van der Waals surface area contributed by atoms with Gasteiger partial charge in [0.2, 0.25) is 0 Å². The van der Waals surface area contributed by atoms with Gasteiger partial charge in [0.15, 0.2) is 0 Å². The smallest absolute Gasteiger partial charge is 0.251 e. The second-order valence-electron chi connectivity index (χ2n) is 5.76. The van der Waals surface area contributed by atoms with E-state index in [9.17, 15) is 4.79 Å². The summed E-state index contributed by atoms with van der Waals surface area (Å²) in [5, 5.41) is 15.2. The minimum Gasteiger partial charge on any atom is -0.396 e. The van der Waals surface area contributed by atoms with Crippen LogP contribution in [0, 0.1) is 12.8 Å². The summed E-state index contributed by atoms with van der Waals surface area (Å²) >= 11 is 1.60. The van der Waals surface area contributed by atoms with E-state index in [0.29, 0.717) is 17.9 Å². The van der Waals surface area contributed by atoms with E-state index in [4.69, 9.17) is 5.11 Å². The number of benzene rings is 1. The van der Waals surface area contributed by atoms with Gasteiger partial charge in [-0.05, 0) is 44.2 Å². The highest BCUT2D eigenvalue weighted by Crippen LogP contribution is 2.34. The average molecular weight is 316 g/mol. The van der Waals surface area contributed by atoms with Crippen LogP contribution in [0.3, 0.4) is 0 Å². The summed E-state index contributed by atoms with van der Waals surface area (Å²) in [4.78, 5) is 16.9. The molecule has 5 heteroatoms. The Bertz CT molecular complexity index is 664. The predicted molar refractivity (Wildman–Crippen MR) is 88.0 cm³/mol. The molecule has 1 aromatic heterocycles. The molecule has 1 atom stereocenters. The van der Waals surface area contributed by atoms with Gasteiger partial charge in [0.05, 0.1) is 10.7 Å². The lowest BCUT2D eigenvalue weighted by atomic mass is 10.1. The van der Waals surface area contributed by atoms with Crippen molar-refractivity contribution in [3.63, 3.8) is 0 Å². The van der Waals surface area contributed by atoms with E-state index in [1.165, 1.54) is 0 Å². The number of aliphatic hydroxyl groups is 1. The number of nitrogens with zero attached hydrogens (tertiary/aromatic N) is 1. The molecule has 2 aromatic rings. The van der Waals surface area contributed by atoms with Gasteiger partial charge in [0.1, 0.15) is 0 Å². The van der Waals surface area contributed by atoms with Crippen molar-refractivity contribution in [3.8, 4) is 11.3 Å². The molecule has 1 aliphatic rings. The fourth-order valence-corrected chi connectivity index (χ4v) is 3.25. The molecule has 0 spiro atoms. The van der Waals surface area contributed by atoms with E-state index >= 15 is 0 Å². The topological polar surface area (TPSA) is 62.2 Å². The lowest BCUT2D eigenvalue weighted by Crippen LogP contribution is -2.37. The van der Waals surface area contributed by atoms with Gasteiger partial charge < -0.3 is 10.4 Å². The largest absolute Gasteiger partial charge is 0.396 e. The van der Waals surface area contributed by atoms with Crippen molar-refractivity contribution in [2.45, 2.75) is 32.2 Å². The Morgan fingerprint density at radius 2 is 2.32 bits per heavy atom. The van der Waals surface area contributed by atoms with Crippen LogP contribution >= 0.6 is 11.3 Å². The predicted octanol–water partition coefficient (Wildman–Crippen LogP) is 3.01. The number of hydrogen-bond acceptors (Lipinski definition) is 4. The highest BCUT2D eigenvalue weighted by atomic mass is 32.1. The number of thiazole rings is 1. The third-order valence-corrected chi connectivity index (χ3v) is 4.76. The van der Waals surface area contributed by atoms with E-state index in [0.717, 1.165) is 29.1 Å². The van der Waals surface area contributed by atoms with Crippen LogP contribution in [0.5, 0.6) is 0 Å². The molecule has 1 aliphatic carbocycles. The third-order valence-electron chi connectivity index (χ3n) is 3.99. The molecule has 116 valence electrons. The molecule has 0 saturated heterocycles. The van der Waals surface area contributed by atoms with E-state index in [-0.39, 0.29) is 18.6 Å². The summed E-state index contributed by atoms with van der Waals surface area (Å²) in [5.41, 5.74) is 2.51. The van der Waals surface area contributed by atoms with Crippen LogP contribution in [0.15, 0.2) is 29.6 Å². The Kier molecular flexibility index (Phi) is 4.55. The van der Waals surface area contributed by atoms with Crippen LogP contribution < -0.4 is 5.32 Å². The first-order chi connectivity index (χ1) is 10.7. The van der Waals surface area contributed by atoms with Crippen molar-refractivity contribution in [1.82, 2.24) is 10.3 Å². The summed E-state index contributed by atoms with van der Waals surface area (Å²) in [6, 6.07) is 7.64. The quantitative estimate of drug-likeness (QED) is 0.861. The zero-order chi connectivity index (χ0) is 15.5. The second kappa shape index (κ2) is 6.58. The Hall–Kier alpha value is -1.72. The number of nitrogens with one attached hydrogen (secondary N) is 1. The molecule has 1 heterocycles. The van der Waals surface area contributed by atoms with Crippen LogP contribution in [0.2, 0.25) is 0 Å². The number of carbonyl (C=O) groups is 1. The van der Waals surface area contributed by atoms with Crippen molar-refractivity contribution in [3.05, 3.63) is 40.2 Å². The SMILES string of the molecule is Cc1nc(-c2cccc(C(=O)NC(CCO)C3CC3)c2)cs1. The number of rotatable bonds is 6. The normalized spacial score (nSPS) is 15.5. The lowest BCUT2D eigenvalue weighted by molar-refractivity contribution is 0.0924. The minimum absolute atomic E-state index is 0.0702. The third kappa shape index (κ3) is 3.54. The maximum Gasteiger partial charge on any atom is 0.251 e. The molecule has 1 saturated carbocycles. The molecule has 4 nitrogen and oxygen atoms in total. The van der Waals surface area contributed by atoms with Crippen LogP contribution in [0.25, 0.3) is 11.3 Å². The molecule has 22 heavy (non-hydrogen) atoms. The number of aliphatic hydroxyl groups excluding tert-OH is 1. The molecule has 1 amide bonds. The van der Waals surface area contributed by atoms with Crippen molar-refractivity contribution in [2.24, 2.45) is 5.92 Å². The van der Waals surface area contributed by atoms with E-state index < -0.39 is 0 Å². The molecule has 3 rings (SSSR count). The molecule has 1 aromatic carbocycles. The molecule has 2 N–H and O–H groups in total. The van der Waals surface area contributed by atoms with Crippen molar-refractivity contribution >= 4 is 17.2 Å². The maximum atomic E-state index is 12.4. The van der Waals surface area contributed by atoms with Crippen LogP contribution in [0.4, 0.5) is 0 Å². The second-order valence-corrected chi connectivity index (χ2v) is 6.82. The molecule has 1 fully saturated rings. The highest BCUT2D eigenvalue weighted by Gasteiger charge is 2.31. The molecule has 1 unspecified atom stereocenters. The fraction of sp³-hybridized carbons (Fsp3) is 0.412. The molecule has 0 aliphatic heterocycles. The lowest BCUT2D eigenvalue weighted by Gasteiger charge is -2.17. The van der Waals surface area contributed by atoms with Gasteiger partial charge in [0.25, 0.3) is 5.91 Å². The monoisotopic (exact) mass is 316 g/mol. The maximum absolute atomic E-state index is 12.4. The summed E-state index contributed by atoms with van der Waals surface area (Å²) in [5.74, 6) is 0.458. The highest BCUT2D eigenvalue weighted by molar-refractivity contribution is 7.09. The van der Waals surface area contributed by atoms with Crippen molar-refractivity contribution in [2.75, 3.05) is 6.61 Å². The number of aromatic nitrogens is 1. The van der Waals surface area contributed by atoms with Gasteiger partial charge in [-0.3, -0.25) is 4.79 Å². The Morgan fingerprint density at radius 1 is 1.50 bits per heavy atom.